The average molecular weight is 268 g/mol. The Morgan fingerprint density at radius 1 is 1.00 bits per heavy atom. The molecule has 0 aromatic heterocycles. The van der Waals surface area contributed by atoms with Crippen LogP contribution in [0.5, 0.6) is 0 Å². The number of hydrogen-bond acceptors (Lipinski definition) is 3. The molecule has 2 rings (SSSR count). The van der Waals surface area contributed by atoms with Crippen molar-refractivity contribution in [3.63, 3.8) is 0 Å². The van der Waals surface area contributed by atoms with Crippen molar-refractivity contribution in [2.45, 2.75) is 6.42 Å². The van der Waals surface area contributed by atoms with E-state index in [0.29, 0.717) is 6.61 Å². The van der Waals surface area contributed by atoms with Gasteiger partial charge in [-0.1, -0.05) is 48.6 Å². The summed E-state index contributed by atoms with van der Waals surface area (Å²) in [6.07, 6.45) is 4.78. The van der Waals surface area contributed by atoms with Crippen LogP contribution in [0.15, 0.2) is 42.5 Å². The Morgan fingerprint density at radius 2 is 1.75 bits per heavy atom. The van der Waals surface area contributed by atoms with Gasteiger partial charge in [-0.25, -0.2) is 0 Å². The van der Waals surface area contributed by atoms with Gasteiger partial charge in [0.1, 0.15) is 0 Å². The Morgan fingerprint density at radius 3 is 2.45 bits per heavy atom. The Balaban J connectivity index is 2.26. The molecule has 20 heavy (non-hydrogen) atoms. The maximum absolute atomic E-state index is 6.20. The van der Waals surface area contributed by atoms with Crippen molar-refractivity contribution >= 4 is 23.5 Å². The van der Waals surface area contributed by atoms with E-state index in [2.05, 4.69) is 12.1 Å². The van der Waals surface area contributed by atoms with Gasteiger partial charge >= 0.3 is 0 Å². The molecule has 3 nitrogen and oxygen atoms in total. The lowest BCUT2D eigenvalue weighted by molar-refractivity contribution is 0.202. The van der Waals surface area contributed by atoms with Crippen molar-refractivity contribution in [2.24, 2.45) is 0 Å². The number of anilines is 2. The summed E-state index contributed by atoms with van der Waals surface area (Å²) >= 11 is 0. The molecule has 3 heteroatoms. The number of benzene rings is 2. The SMILES string of the molecule is COCCc1c(N)ccc(C=Cc2ccccc2)c1N. The fraction of sp³-hybridized carbons (Fsp3) is 0.176. The first kappa shape index (κ1) is 14.2. The van der Waals surface area contributed by atoms with Gasteiger partial charge < -0.3 is 16.2 Å². The minimum absolute atomic E-state index is 0.611. The van der Waals surface area contributed by atoms with Crippen LogP contribution in [-0.2, 0) is 11.2 Å². The molecular formula is C17H20N2O. The summed E-state index contributed by atoms with van der Waals surface area (Å²) in [5.74, 6) is 0. The van der Waals surface area contributed by atoms with Gasteiger partial charge in [-0.05, 0) is 23.6 Å². The third-order valence-electron chi connectivity index (χ3n) is 3.24. The lowest BCUT2D eigenvalue weighted by Gasteiger charge is -2.11. The smallest absolute Gasteiger partial charge is 0.0504 e. The lowest BCUT2D eigenvalue weighted by Crippen LogP contribution is -2.05. The normalized spacial score (nSPS) is 11.1. The van der Waals surface area contributed by atoms with Crippen molar-refractivity contribution in [3.8, 4) is 0 Å². The molecule has 4 N–H and O–H groups in total. The zero-order valence-electron chi connectivity index (χ0n) is 11.7. The highest BCUT2D eigenvalue weighted by molar-refractivity contribution is 5.80. The largest absolute Gasteiger partial charge is 0.398 e. The number of methoxy groups -OCH3 is 1. The van der Waals surface area contributed by atoms with Crippen molar-refractivity contribution in [2.75, 3.05) is 25.2 Å². The molecular weight excluding hydrogens is 248 g/mol. The number of nitrogens with two attached hydrogens (primary N) is 2. The van der Waals surface area contributed by atoms with Crippen LogP contribution in [-0.4, -0.2) is 13.7 Å². The zero-order chi connectivity index (χ0) is 14.4. The van der Waals surface area contributed by atoms with Gasteiger partial charge in [0, 0.05) is 24.0 Å². The quantitative estimate of drug-likeness (QED) is 0.646. The topological polar surface area (TPSA) is 61.3 Å². The highest BCUT2D eigenvalue weighted by Gasteiger charge is 2.07. The summed E-state index contributed by atoms with van der Waals surface area (Å²) in [5.41, 5.74) is 16.7. The Bertz CT molecular complexity index is 591. The van der Waals surface area contributed by atoms with Crippen LogP contribution < -0.4 is 11.5 Å². The minimum Gasteiger partial charge on any atom is -0.398 e. The second-order valence-electron chi connectivity index (χ2n) is 4.62. The number of nitrogen functional groups attached to an aromatic ring is 2. The highest BCUT2D eigenvalue weighted by Crippen LogP contribution is 2.26. The minimum atomic E-state index is 0.611. The fourth-order valence-corrected chi connectivity index (χ4v) is 2.08. The summed E-state index contributed by atoms with van der Waals surface area (Å²) in [6.45, 7) is 0.611. The molecule has 0 saturated heterocycles. The number of hydrogen-bond donors (Lipinski definition) is 2. The molecule has 0 heterocycles. The maximum Gasteiger partial charge on any atom is 0.0504 e. The van der Waals surface area contributed by atoms with E-state index in [0.717, 1.165) is 34.5 Å². The van der Waals surface area contributed by atoms with Crippen molar-refractivity contribution in [1.29, 1.82) is 0 Å². The van der Waals surface area contributed by atoms with E-state index >= 15 is 0 Å². The van der Waals surface area contributed by atoms with Crippen molar-refractivity contribution in [3.05, 3.63) is 59.2 Å². The molecule has 0 unspecified atom stereocenters. The summed E-state index contributed by atoms with van der Waals surface area (Å²) in [4.78, 5) is 0. The number of ether oxygens (including phenoxy) is 1. The van der Waals surface area contributed by atoms with E-state index in [1.54, 1.807) is 7.11 Å². The summed E-state index contributed by atoms with van der Waals surface area (Å²) < 4.78 is 5.10. The summed E-state index contributed by atoms with van der Waals surface area (Å²) in [5, 5.41) is 0. The molecule has 2 aromatic carbocycles. The predicted molar refractivity (Wildman–Crippen MR) is 86.2 cm³/mol. The standard InChI is InChI=1S/C17H20N2O/c1-20-12-11-15-16(18)10-9-14(17(15)19)8-7-13-5-3-2-4-6-13/h2-10H,11-12,18-19H2,1H3. The molecule has 0 aliphatic rings. The van der Waals surface area contributed by atoms with E-state index in [1.807, 2.05) is 42.5 Å². The van der Waals surface area contributed by atoms with E-state index in [4.69, 9.17) is 16.2 Å². The second kappa shape index (κ2) is 6.78. The molecule has 0 aliphatic carbocycles. The first-order chi connectivity index (χ1) is 9.72. The molecule has 0 amide bonds. The van der Waals surface area contributed by atoms with Gasteiger partial charge in [-0.15, -0.1) is 0 Å². The van der Waals surface area contributed by atoms with Crippen LogP contribution >= 0.6 is 0 Å². The third kappa shape index (κ3) is 3.39. The van der Waals surface area contributed by atoms with E-state index in [-0.39, 0.29) is 0 Å². The zero-order valence-corrected chi connectivity index (χ0v) is 11.7. The molecule has 0 fully saturated rings. The van der Waals surface area contributed by atoms with Gasteiger partial charge in [0.05, 0.1) is 6.61 Å². The summed E-state index contributed by atoms with van der Waals surface area (Å²) in [7, 11) is 1.67. The van der Waals surface area contributed by atoms with E-state index < -0.39 is 0 Å². The van der Waals surface area contributed by atoms with Crippen molar-refractivity contribution < 1.29 is 4.74 Å². The molecule has 0 bridgehead atoms. The van der Waals surface area contributed by atoms with Crippen LogP contribution in [0.3, 0.4) is 0 Å². The molecule has 104 valence electrons. The second-order valence-corrected chi connectivity index (χ2v) is 4.62. The van der Waals surface area contributed by atoms with Gasteiger partial charge in [0.25, 0.3) is 0 Å². The van der Waals surface area contributed by atoms with Gasteiger partial charge in [0.15, 0.2) is 0 Å². The lowest BCUT2D eigenvalue weighted by atomic mass is 10.0. The van der Waals surface area contributed by atoms with Crippen LogP contribution in [0.2, 0.25) is 0 Å². The average Bonchev–Trinajstić information content (AvgIpc) is 2.47. The molecule has 0 spiro atoms. The molecule has 0 atom stereocenters. The van der Waals surface area contributed by atoms with Crippen LogP contribution in [0, 0.1) is 0 Å². The summed E-state index contributed by atoms with van der Waals surface area (Å²) in [6, 6.07) is 14.0. The Hall–Kier alpha value is -2.26. The first-order valence-electron chi connectivity index (χ1n) is 6.61. The monoisotopic (exact) mass is 268 g/mol. The van der Waals surface area contributed by atoms with E-state index in [1.165, 1.54) is 0 Å². The molecule has 0 saturated carbocycles. The van der Waals surface area contributed by atoms with Gasteiger partial charge in [-0.2, -0.15) is 0 Å². The highest BCUT2D eigenvalue weighted by atomic mass is 16.5. The first-order valence-corrected chi connectivity index (χ1v) is 6.61. The third-order valence-corrected chi connectivity index (χ3v) is 3.24. The Kier molecular flexibility index (Phi) is 4.80. The maximum atomic E-state index is 6.20. The van der Waals surface area contributed by atoms with Crippen LogP contribution in [0.25, 0.3) is 12.2 Å². The van der Waals surface area contributed by atoms with Crippen molar-refractivity contribution in [1.82, 2.24) is 0 Å². The molecule has 0 aliphatic heterocycles. The molecule has 0 radical (unpaired) electrons. The van der Waals surface area contributed by atoms with Gasteiger partial charge in [0.2, 0.25) is 0 Å². The van der Waals surface area contributed by atoms with E-state index in [9.17, 15) is 0 Å². The van der Waals surface area contributed by atoms with Gasteiger partial charge in [-0.3, -0.25) is 0 Å². The number of rotatable bonds is 5. The predicted octanol–water partition coefficient (Wildman–Crippen LogP) is 3.21. The van der Waals surface area contributed by atoms with Crippen LogP contribution in [0.4, 0.5) is 11.4 Å². The fourth-order valence-electron chi connectivity index (χ4n) is 2.08. The molecule has 2 aromatic rings. The Labute approximate surface area is 119 Å². The van der Waals surface area contributed by atoms with Crippen LogP contribution in [0.1, 0.15) is 16.7 Å².